The van der Waals surface area contributed by atoms with E-state index < -0.39 is 0 Å². The molecule has 2 aliphatic rings. The van der Waals surface area contributed by atoms with Crippen LogP contribution in [0.5, 0.6) is 0 Å². The van der Waals surface area contributed by atoms with Crippen molar-refractivity contribution in [2.45, 2.75) is 64.8 Å². The summed E-state index contributed by atoms with van der Waals surface area (Å²) in [5, 5.41) is 6.80. The summed E-state index contributed by atoms with van der Waals surface area (Å²) in [6.45, 7) is 7.72. The summed E-state index contributed by atoms with van der Waals surface area (Å²) in [4.78, 5) is 19.1. The van der Waals surface area contributed by atoms with Gasteiger partial charge in [-0.1, -0.05) is 26.2 Å². The molecule has 1 atom stereocenters. The van der Waals surface area contributed by atoms with E-state index in [2.05, 4.69) is 34.4 Å². The Hall–Kier alpha value is -0.530. The lowest BCUT2D eigenvalue weighted by atomic mass is 10.1. The molecular weight excluding hydrogens is 403 g/mol. The Morgan fingerprint density at radius 3 is 2.61 bits per heavy atom. The predicted octanol–water partition coefficient (Wildman–Crippen LogP) is 2.75. The van der Waals surface area contributed by atoms with Gasteiger partial charge in [0.2, 0.25) is 5.91 Å². The number of nitrogens with zero attached hydrogens (tertiary/aromatic N) is 2. The van der Waals surface area contributed by atoms with Crippen molar-refractivity contribution in [3.05, 3.63) is 0 Å². The van der Waals surface area contributed by atoms with Gasteiger partial charge >= 0.3 is 0 Å². The maximum absolute atomic E-state index is 12.5. The van der Waals surface area contributed by atoms with Gasteiger partial charge in [0.05, 0.1) is 0 Å². The predicted molar refractivity (Wildman–Crippen MR) is 106 cm³/mol. The molecule has 134 valence electrons. The third kappa shape index (κ3) is 6.47. The number of likely N-dealkylation sites (tertiary alicyclic amines) is 1. The van der Waals surface area contributed by atoms with Gasteiger partial charge in [0.25, 0.3) is 0 Å². The highest BCUT2D eigenvalue weighted by atomic mass is 127. The summed E-state index contributed by atoms with van der Waals surface area (Å²) >= 11 is 0. The molecule has 1 saturated heterocycles. The molecule has 1 heterocycles. The summed E-state index contributed by atoms with van der Waals surface area (Å²) in [6.07, 6.45) is 7.93. The molecule has 0 aromatic carbocycles. The number of guanidine groups is 1. The van der Waals surface area contributed by atoms with Gasteiger partial charge in [0.1, 0.15) is 0 Å². The van der Waals surface area contributed by atoms with Crippen molar-refractivity contribution in [1.82, 2.24) is 15.5 Å². The molecule has 2 N–H and O–H groups in total. The molecule has 23 heavy (non-hydrogen) atoms. The number of halogens is 1. The van der Waals surface area contributed by atoms with E-state index in [1.54, 1.807) is 0 Å². The van der Waals surface area contributed by atoms with Crippen LogP contribution in [0, 0.1) is 5.92 Å². The van der Waals surface area contributed by atoms with Crippen molar-refractivity contribution < 1.29 is 4.79 Å². The summed E-state index contributed by atoms with van der Waals surface area (Å²) in [5.41, 5.74) is 0. The number of hydrogen-bond acceptors (Lipinski definition) is 2. The molecule has 0 aromatic heterocycles. The van der Waals surface area contributed by atoms with Crippen LogP contribution in [-0.2, 0) is 4.79 Å². The van der Waals surface area contributed by atoms with Gasteiger partial charge in [-0.25, -0.2) is 0 Å². The first-order valence-electron chi connectivity index (χ1n) is 9.08. The fourth-order valence-electron chi connectivity index (χ4n) is 3.37. The molecule has 1 aliphatic carbocycles. The van der Waals surface area contributed by atoms with E-state index >= 15 is 0 Å². The second-order valence-corrected chi connectivity index (χ2v) is 6.51. The number of aliphatic imine (C=N–C) groups is 1. The van der Waals surface area contributed by atoms with Crippen LogP contribution in [-0.4, -0.2) is 49.0 Å². The molecule has 0 aromatic rings. The molecule has 6 heteroatoms. The van der Waals surface area contributed by atoms with E-state index in [-0.39, 0.29) is 24.0 Å². The first-order valence-corrected chi connectivity index (χ1v) is 9.08. The molecular formula is C17H33IN4O. The number of amides is 1. The molecule has 2 rings (SSSR count). The van der Waals surface area contributed by atoms with Gasteiger partial charge in [-0.2, -0.15) is 0 Å². The summed E-state index contributed by atoms with van der Waals surface area (Å²) in [7, 11) is 0. The van der Waals surface area contributed by atoms with Crippen LogP contribution >= 0.6 is 24.0 Å². The van der Waals surface area contributed by atoms with Gasteiger partial charge in [-0.05, 0) is 32.6 Å². The number of carbonyl (C=O) groups excluding carboxylic acids is 1. The molecule has 0 bridgehead atoms. The minimum absolute atomic E-state index is 0. The first kappa shape index (κ1) is 20.5. The molecule has 1 saturated carbocycles. The third-order valence-corrected chi connectivity index (χ3v) is 4.67. The van der Waals surface area contributed by atoms with Crippen molar-refractivity contribution in [3.63, 3.8) is 0 Å². The van der Waals surface area contributed by atoms with E-state index in [9.17, 15) is 4.79 Å². The lowest BCUT2D eigenvalue weighted by Crippen LogP contribution is -2.45. The van der Waals surface area contributed by atoms with Crippen LogP contribution in [0.25, 0.3) is 0 Å². The van der Waals surface area contributed by atoms with Gasteiger partial charge in [-0.3, -0.25) is 9.79 Å². The molecule has 1 amide bonds. The van der Waals surface area contributed by atoms with Crippen LogP contribution in [0.3, 0.4) is 0 Å². The van der Waals surface area contributed by atoms with Crippen molar-refractivity contribution in [2.75, 3.05) is 26.2 Å². The van der Waals surface area contributed by atoms with E-state index in [0.717, 1.165) is 64.2 Å². The Morgan fingerprint density at radius 1 is 1.22 bits per heavy atom. The van der Waals surface area contributed by atoms with Crippen molar-refractivity contribution in [3.8, 4) is 0 Å². The van der Waals surface area contributed by atoms with Crippen LogP contribution in [0.4, 0.5) is 0 Å². The van der Waals surface area contributed by atoms with Crippen molar-refractivity contribution in [2.24, 2.45) is 10.9 Å². The highest BCUT2D eigenvalue weighted by Crippen LogP contribution is 2.27. The van der Waals surface area contributed by atoms with Gasteiger partial charge in [-0.15, -0.1) is 24.0 Å². The quantitative estimate of drug-likeness (QED) is 0.292. The van der Waals surface area contributed by atoms with E-state index in [1.165, 1.54) is 12.8 Å². The summed E-state index contributed by atoms with van der Waals surface area (Å²) < 4.78 is 0. The Bertz CT molecular complexity index is 383. The highest BCUT2D eigenvalue weighted by Gasteiger charge is 2.32. The second-order valence-electron chi connectivity index (χ2n) is 6.51. The monoisotopic (exact) mass is 436 g/mol. The fraction of sp³-hybridized carbons (Fsp3) is 0.882. The Morgan fingerprint density at radius 2 is 1.96 bits per heavy atom. The van der Waals surface area contributed by atoms with Gasteiger partial charge in [0.15, 0.2) is 5.96 Å². The van der Waals surface area contributed by atoms with Crippen LogP contribution in [0.1, 0.15) is 58.8 Å². The Kier molecular flexibility index (Phi) is 9.90. The van der Waals surface area contributed by atoms with Crippen LogP contribution < -0.4 is 10.6 Å². The van der Waals surface area contributed by atoms with Crippen LogP contribution in [0.15, 0.2) is 4.99 Å². The topological polar surface area (TPSA) is 56.7 Å². The van der Waals surface area contributed by atoms with E-state index in [0.29, 0.717) is 17.9 Å². The molecule has 5 nitrogen and oxygen atoms in total. The summed E-state index contributed by atoms with van der Waals surface area (Å²) in [6, 6.07) is 0.338. The molecule has 2 fully saturated rings. The zero-order chi connectivity index (χ0) is 15.8. The minimum atomic E-state index is 0. The Balaban J connectivity index is 0.00000264. The lowest BCUT2D eigenvalue weighted by molar-refractivity contribution is -0.134. The molecule has 0 spiro atoms. The smallest absolute Gasteiger partial charge is 0.225 e. The zero-order valence-electron chi connectivity index (χ0n) is 14.6. The average molecular weight is 436 g/mol. The minimum Gasteiger partial charge on any atom is -0.357 e. The van der Waals surface area contributed by atoms with E-state index in [4.69, 9.17) is 0 Å². The lowest BCUT2D eigenvalue weighted by Gasteiger charge is -2.21. The largest absolute Gasteiger partial charge is 0.357 e. The Labute approximate surface area is 158 Å². The van der Waals surface area contributed by atoms with Crippen molar-refractivity contribution in [1.29, 1.82) is 0 Å². The fourth-order valence-corrected chi connectivity index (χ4v) is 3.37. The van der Waals surface area contributed by atoms with Gasteiger partial charge < -0.3 is 15.5 Å². The first-order chi connectivity index (χ1) is 10.7. The maximum atomic E-state index is 12.5. The zero-order valence-corrected chi connectivity index (χ0v) is 17.0. The average Bonchev–Trinajstić information content (AvgIpc) is 3.18. The number of carbonyl (C=O) groups is 1. The molecule has 1 unspecified atom stereocenters. The van der Waals surface area contributed by atoms with Gasteiger partial charge in [0, 0.05) is 38.1 Å². The second kappa shape index (κ2) is 11.1. The number of unbranched alkanes of at least 4 members (excludes halogenated alkanes) is 1. The third-order valence-electron chi connectivity index (χ3n) is 4.67. The van der Waals surface area contributed by atoms with Crippen LogP contribution in [0.2, 0.25) is 0 Å². The van der Waals surface area contributed by atoms with E-state index in [1.807, 2.05) is 0 Å². The number of rotatable bonds is 6. The highest BCUT2D eigenvalue weighted by molar-refractivity contribution is 14.0. The molecule has 0 radical (unpaired) electrons. The van der Waals surface area contributed by atoms with Crippen molar-refractivity contribution >= 4 is 35.8 Å². The standard InChI is InChI=1S/C17H32N4O.HI/c1-3-5-11-19-17(18-4-2)20-15-10-12-21(13-15)16(22)14-8-6-7-9-14;/h14-15H,3-13H2,1-2H3,(H2,18,19,20);1H. The SMILES string of the molecule is CCCCN=C(NCC)NC1CCN(C(=O)C2CCCC2)C1.I. The number of nitrogens with one attached hydrogen (secondary N) is 2. The maximum Gasteiger partial charge on any atom is 0.225 e. The number of hydrogen-bond donors (Lipinski definition) is 2. The molecule has 1 aliphatic heterocycles. The summed E-state index contributed by atoms with van der Waals surface area (Å²) in [5.74, 6) is 1.58. The normalized spacial score (nSPS) is 22.1.